The minimum absolute atomic E-state index is 0.0142. The molecule has 0 unspecified atom stereocenters. The van der Waals surface area contributed by atoms with Crippen LogP contribution in [-0.2, 0) is 22.7 Å². The Morgan fingerprint density at radius 3 is 2.43 bits per heavy atom. The summed E-state index contributed by atoms with van der Waals surface area (Å²) < 4.78 is 1.83. The minimum atomic E-state index is -0.169. The van der Waals surface area contributed by atoms with Crippen LogP contribution in [0.5, 0.6) is 0 Å². The number of hydrogen-bond donors (Lipinski definition) is 1. The van der Waals surface area contributed by atoms with Gasteiger partial charge in [0.2, 0.25) is 5.91 Å². The lowest BCUT2D eigenvalue weighted by atomic mass is 10.1. The quantitative estimate of drug-likeness (QED) is 0.474. The zero-order valence-corrected chi connectivity index (χ0v) is 17.8. The van der Waals surface area contributed by atoms with Crippen molar-refractivity contribution >= 4 is 28.8 Å². The number of thiophene rings is 1. The van der Waals surface area contributed by atoms with Crippen molar-refractivity contribution in [3.63, 3.8) is 0 Å². The fourth-order valence-corrected chi connectivity index (χ4v) is 3.91. The summed E-state index contributed by atoms with van der Waals surface area (Å²) in [6.07, 6.45) is 4.28. The molecule has 0 spiro atoms. The van der Waals surface area contributed by atoms with Crippen molar-refractivity contribution in [1.82, 2.24) is 15.1 Å². The highest BCUT2D eigenvalue weighted by molar-refractivity contribution is 7.14. The van der Waals surface area contributed by atoms with Crippen molar-refractivity contribution in [2.24, 2.45) is 0 Å². The van der Waals surface area contributed by atoms with Crippen LogP contribution in [0.2, 0.25) is 0 Å². The second kappa shape index (κ2) is 10.6. The normalized spacial score (nSPS) is 10.7. The van der Waals surface area contributed by atoms with Crippen molar-refractivity contribution in [3.8, 4) is 0 Å². The topological polar surface area (TPSA) is 81.1 Å². The van der Waals surface area contributed by atoms with Crippen molar-refractivity contribution in [2.75, 3.05) is 0 Å². The van der Waals surface area contributed by atoms with Gasteiger partial charge in [-0.25, -0.2) is 0 Å². The summed E-state index contributed by atoms with van der Waals surface area (Å²) in [5.41, 5.74) is 2.10. The highest BCUT2D eigenvalue weighted by Gasteiger charge is 2.13. The molecule has 0 aliphatic heterocycles. The van der Waals surface area contributed by atoms with E-state index in [0.717, 1.165) is 16.0 Å². The molecule has 0 aliphatic carbocycles. The number of rotatable bonds is 11. The molecule has 0 atom stereocenters. The molecule has 3 aromatic rings. The highest BCUT2D eigenvalue weighted by atomic mass is 32.1. The fraction of sp³-hybridized carbons (Fsp3) is 0.304. The largest absolute Gasteiger partial charge is 0.352 e. The van der Waals surface area contributed by atoms with E-state index in [-0.39, 0.29) is 43.2 Å². The van der Waals surface area contributed by atoms with E-state index >= 15 is 0 Å². The Labute approximate surface area is 179 Å². The van der Waals surface area contributed by atoms with Gasteiger partial charge >= 0.3 is 0 Å². The number of benzene rings is 1. The Balaban J connectivity index is 1.40. The van der Waals surface area contributed by atoms with Crippen LogP contribution in [0.15, 0.2) is 54.9 Å². The van der Waals surface area contributed by atoms with Crippen LogP contribution >= 0.6 is 11.3 Å². The maximum absolute atomic E-state index is 12.2. The van der Waals surface area contributed by atoms with E-state index in [1.54, 1.807) is 12.3 Å². The monoisotopic (exact) mass is 423 g/mol. The first kappa shape index (κ1) is 21.6. The van der Waals surface area contributed by atoms with Gasteiger partial charge in [0.15, 0.2) is 5.78 Å². The number of carbonyl (C=O) groups excluding carboxylic acids is 3. The first-order valence-electron chi connectivity index (χ1n) is 9.93. The lowest BCUT2D eigenvalue weighted by Crippen LogP contribution is -2.24. The van der Waals surface area contributed by atoms with Gasteiger partial charge in [0, 0.05) is 49.5 Å². The number of aromatic nitrogens is 2. The van der Waals surface area contributed by atoms with Crippen LogP contribution < -0.4 is 5.32 Å². The number of nitrogens with one attached hydrogen (secondary N) is 1. The second-order valence-electron chi connectivity index (χ2n) is 7.12. The van der Waals surface area contributed by atoms with Crippen molar-refractivity contribution < 1.29 is 14.4 Å². The maximum Gasteiger partial charge on any atom is 0.220 e. The highest BCUT2D eigenvalue weighted by Crippen LogP contribution is 2.18. The zero-order chi connectivity index (χ0) is 21.3. The summed E-state index contributed by atoms with van der Waals surface area (Å²) in [5.74, 6) is -0.247. The van der Waals surface area contributed by atoms with Crippen molar-refractivity contribution in [1.29, 1.82) is 0 Å². The molecule has 156 valence electrons. The third kappa shape index (κ3) is 6.49. The van der Waals surface area contributed by atoms with Gasteiger partial charge in [-0.1, -0.05) is 24.3 Å². The number of ketones is 2. The van der Waals surface area contributed by atoms with E-state index in [1.807, 2.05) is 54.2 Å². The van der Waals surface area contributed by atoms with Crippen LogP contribution in [-0.4, -0.2) is 27.3 Å². The van der Waals surface area contributed by atoms with Gasteiger partial charge in [0.25, 0.3) is 0 Å². The van der Waals surface area contributed by atoms with Crippen molar-refractivity contribution in [3.05, 3.63) is 75.7 Å². The molecule has 1 N–H and O–H groups in total. The molecular formula is C23H25N3O3S. The predicted octanol–water partition coefficient (Wildman–Crippen LogP) is 3.93. The van der Waals surface area contributed by atoms with E-state index in [9.17, 15) is 14.4 Å². The second-order valence-corrected chi connectivity index (χ2v) is 8.41. The molecule has 0 bridgehead atoms. The third-order valence-electron chi connectivity index (χ3n) is 4.76. The molecule has 6 nitrogen and oxygen atoms in total. The van der Waals surface area contributed by atoms with E-state index in [4.69, 9.17) is 0 Å². The molecule has 0 saturated carbocycles. The molecule has 0 aliphatic rings. The molecule has 3 rings (SSSR count). The Hall–Kier alpha value is -3.06. The molecule has 0 saturated heterocycles. The number of Topliss-reactive ketones (excluding diaryl/α,β-unsaturated/α-hetero) is 2. The van der Waals surface area contributed by atoms with Gasteiger partial charge in [-0.15, -0.1) is 11.3 Å². The van der Waals surface area contributed by atoms with Gasteiger partial charge in [-0.2, -0.15) is 5.10 Å². The molecule has 2 aromatic heterocycles. The zero-order valence-electron chi connectivity index (χ0n) is 17.0. The Morgan fingerprint density at radius 2 is 1.73 bits per heavy atom. The molecule has 1 amide bonds. The number of nitrogens with zero attached hydrogens (tertiary/aromatic N) is 2. The maximum atomic E-state index is 12.2. The van der Waals surface area contributed by atoms with Crippen LogP contribution in [0.25, 0.3) is 0 Å². The predicted molar refractivity (Wildman–Crippen MR) is 116 cm³/mol. The van der Waals surface area contributed by atoms with E-state index in [0.29, 0.717) is 18.0 Å². The van der Waals surface area contributed by atoms with Crippen LogP contribution in [0.4, 0.5) is 0 Å². The Bertz CT molecular complexity index is 1010. The summed E-state index contributed by atoms with van der Waals surface area (Å²) >= 11 is 1.44. The third-order valence-corrected chi connectivity index (χ3v) is 5.80. The van der Waals surface area contributed by atoms with Gasteiger partial charge in [-0.05, 0) is 36.2 Å². The van der Waals surface area contributed by atoms with Crippen LogP contribution in [0.1, 0.15) is 51.4 Å². The number of amides is 1. The standard InChI is InChI=1S/C23H25N3O3S/c1-17-7-11-22(30-17)21(28)10-8-20(27)9-12-23(29)24-15-18-5-2-3-6-19(18)16-26-14-4-13-25-26/h2-7,11,13-14H,8-10,12,15-16H2,1H3,(H,24,29). The molecule has 7 heteroatoms. The van der Waals surface area contributed by atoms with E-state index in [1.165, 1.54) is 11.3 Å². The Kier molecular flexibility index (Phi) is 7.68. The van der Waals surface area contributed by atoms with Gasteiger partial charge in [-0.3, -0.25) is 19.1 Å². The van der Waals surface area contributed by atoms with E-state index in [2.05, 4.69) is 10.4 Å². The number of carbonyl (C=O) groups is 3. The Morgan fingerprint density at radius 1 is 0.967 bits per heavy atom. The summed E-state index contributed by atoms with van der Waals surface area (Å²) in [7, 11) is 0. The van der Waals surface area contributed by atoms with Crippen LogP contribution in [0, 0.1) is 6.92 Å². The minimum Gasteiger partial charge on any atom is -0.352 e. The summed E-state index contributed by atoms with van der Waals surface area (Å²) in [6, 6.07) is 13.4. The first-order chi connectivity index (χ1) is 14.5. The molecule has 2 heterocycles. The molecule has 0 fully saturated rings. The number of aryl methyl sites for hydroxylation is 1. The summed E-state index contributed by atoms with van der Waals surface area (Å²) in [5, 5.41) is 7.10. The molecule has 0 radical (unpaired) electrons. The number of hydrogen-bond acceptors (Lipinski definition) is 5. The molecule has 30 heavy (non-hydrogen) atoms. The molecular weight excluding hydrogens is 398 g/mol. The summed E-state index contributed by atoms with van der Waals surface area (Å²) in [6.45, 7) is 2.98. The lowest BCUT2D eigenvalue weighted by Gasteiger charge is -2.11. The fourth-order valence-electron chi connectivity index (χ4n) is 3.07. The van der Waals surface area contributed by atoms with Crippen LogP contribution in [0.3, 0.4) is 0 Å². The lowest BCUT2D eigenvalue weighted by molar-refractivity contribution is -0.125. The van der Waals surface area contributed by atoms with Gasteiger partial charge < -0.3 is 5.32 Å². The van der Waals surface area contributed by atoms with Gasteiger partial charge in [0.1, 0.15) is 5.78 Å². The van der Waals surface area contributed by atoms with E-state index < -0.39 is 0 Å². The average Bonchev–Trinajstić information content (AvgIpc) is 3.41. The van der Waals surface area contributed by atoms with Gasteiger partial charge in [0.05, 0.1) is 11.4 Å². The SMILES string of the molecule is Cc1ccc(C(=O)CCC(=O)CCC(=O)NCc2ccccc2Cn2cccn2)s1. The average molecular weight is 424 g/mol. The summed E-state index contributed by atoms with van der Waals surface area (Å²) in [4.78, 5) is 38.1. The smallest absolute Gasteiger partial charge is 0.220 e. The first-order valence-corrected chi connectivity index (χ1v) is 10.7. The molecule has 1 aromatic carbocycles. The van der Waals surface area contributed by atoms with Crippen molar-refractivity contribution in [2.45, 2.75) is 45.7 Å².